The summed E-state index contributed by atoms with van der Waals surface area (Å²) < 4.78 is 4.98. The molecule has 0 saturated carbocycles. The summed E-state index contributed by atoms with van der Waals surface area (Å²) in [6.45, 7) is 0. The van der Waals surface area contributed by atoms with Crippen LogP contribution in [0.5, 0.6) is 5.75 Å². The van der Waals surface area contributed by atoms with Gasteiger partial charge in [0, 0.05) is 11.3 Å². The number of anilines is 1. The Hall–Kier alpha value is -2.22. The van der Waals surface area contributed by atoms with Crippen molar-refractivity contribution in [3.05, 3.63) is 23.3 Å². The molecule has 0 aromatic heterocycles. The molecule has 0 amide bonds. The molecule has 0 unspecified atom stereocenters. The lowest BCUT2D eigenvalue weighted by Gasteiger charge is -2.09. The standard InChI is InChI=1S/C10H10N2O3/c1-15-9-3-6(5-11)2-8(12)7(9)4-10(13)14/h2-3H,4,12H2,1H3,(H,13,14). The summed E-state index contributed by atoms with van der Waals surface area (Å²) in [5, 5.41) is 17.3. The molecule has 1 aromatic rings. The van der Waals surface area contributed by atoms with E-state index >= 15 is 0 Å². The number of methoxy groups -OCH3 is 1. The van der Waals surface area contributed by atoms with Crippen LogP contribution in [-0.4, -0.2) is 18.2 Å². The second-order valence-electron chi connectivity index (χ2n) is 2.93. The maximum Gasteiger partial charge on any atom is 0.308 e. The molecule has 78 valence electrons. The molecule has 1 aromatic carbocycles. The van der Waals surface area contributed by atoms with Crippen LogP contribution >= 0.6 is 0 Å². The number of nitriles is 1. The molecule has 0 atom stereocenters. The van der Waals surface area contributed by atoms with Crippen molar-refractivity contribution < 1.29 is 14.6 Å². The number of carboxylic acid groups (broad SMARTS) is 1. The van der Waals surface area contributed by atoms with Crippen LogP contribution in [0.2, 0.25) is 0 Å². The molecule has 0 fully saturated rings. The van der Waals surface area contributed by atoms with Crippen molar-refractivity contribution in [1.82, 2.24) is 0 Å². The summed E-state index contributed by atoms with van der Waals surface area (Å²) in [5.41, 5.74) is 6.62. The number of rotatable bonds is 3. The van der Waals surface area contributed by atoms with Crippen LogP contribution in [0.3, 0.4) is 0 Å². The van der Waals surface area contributed by atoms with Gasteiger partial charge in [-0.15, -0.1) is 0 Å². The van der Waals surface area contributed by atoms with Crippen molar-refractivity contribution >= 4 is 11.7 Å². The van der Waals surface area contributed by atoms with Gasteiger partial charge < -0.3 is 15.6 Å². The van der Waals surface area contributed by atoms with E-state index in [4.69, 9.17) is 20.8 Å². The number of nitrogens with zero attached hydrogens (tertiary/aromatic N) is 1. The van der Waals surface area contributed by atoms with Crippen molar-refractivity contribution in [1.29, 1.82) is 5.26 Å². The number of hydrogen-bond acceptors (Lipinski definition) is 4. The highest BCUT2D eigenvalue weighted by Crippen LogP contribution is 2.26. The summed E-state index contributed by atoms with van der Waals surface area (Å²) in [6, 6.07) is 4.81. The number of ether oxygens (including phenoxy) is 1. The lowest BCUT2D eigenvalue weighted by atomic mass is 10.1. The Bertz CT molecular complexity index is 435. The van der Waals surface area contributed by atoms with Crippen molar-refractivity contribution in [2.45, 2.75) is 6.42 Å². The average Bonchev–Trinajstić information content (AvgIpc) is 2.20. The quantitative estimate of drug-likeness (QED) is 0.712. The first-order valence-corrected chi connectivity index (χ1v) is 4.16. The molecule has 0 heterocycles. The zero-order chi connectivity index (χ0) is 11.4. The topological polar surface area (TPSA) is 96.3 Å². The predicted octanol–water partition coefficient (Wildman–Crippen LogP) is 0.776. The molecule has 0 aliphatic rings. The van der Waals surface area contributed by atoms with Gasteiger partial charge in [0.15, 0.2) is 0 Å². The average molecular weight is 206 g/mol. The van der Waals surface area contributed by atoms with Crippen molar-refractivity contribution in [2.24, 2.45) is 0 Å². The highest BCUT2D eigenvalue weighted by Gasteiger charge is 2.12. The third kappa shape index (κ3) is 2.38. The van der Waals surface area contributed by atoms with E-state index in [1.807, 2.05) is 6.07 Å². The first-order valence-electron chi connectivity index (χ1n) is 4.16. The van der Waals surface area contributed by atoms with E-state index in [2.05, 4.69) is 0 Å². The molecule has 0 saturated heterocycles. The normalized spacial score (nSPS) is 9.33. The lowest BCUT2D eigenvalue weighted by Crippen LogP contribution is -2.06. The third-order valence-corrected chi connectivity index (χ3v) is 1.92. The fraction of sp³-hybridized carbons (Fsp3) is 0.200. The molecular weight excluding hydrogens is 196 g/mol. The maximum atomic E-state index is 10.6. The van der Waals surface area contributed by atoms with Crippen LogP contribution < -0.4 is 10.5 Å². The highest BCUT2D eigenvalue weighted by atomic mass is 16.5. The molecule has 1 rings (SSSR count). The number of carbonyl (C=O) groups is 1. The van der Waals surface area contributed by atoms with E-state index in [0.29, 0.717) is 16.9 Å². The molecule has 5 nitrogen and oxygen atoms in total. The van der Waals surface area contributed by atoms with Crippen LogP contribution in [0, 0.1) is 11.3 Å². The van der Waals surface area contributed by atoms with Gasteiger partial charge in [-0.05, 0) is 12.1 Å². The summed E-state index contributed by atoms with van der Waals surface area (Å²) in [7, 11) is 1.40. The van der Waals surface area contributed by atoms with Gasteiger partial charge in [0.05, 0.1) is 25.2 Å². The van der Waals surface area contributed by atoms with Gasteiger partial charge in [0.2, 0.25) is 0 Å². The fourth-order valence-electron chi connectivity index (χ4n) is 1.25. The zero-order valence-corrected chi connectivity index (χ0v) is 8.15. The Kier molecular flexibility index (Phi) is 3.13. The molecule has 0 spiro atoms. The monoisotopic (exact) mass is 206 g/mol. The van der Waals surface area contributed by atoms with Crippen LogP contribution in [-0.2, 0) is 11.2 Å². The van der Waals surface area contributed by atoms with E-state index < -0.39 is 5.97 Å². The molecule has 0 bridgehead atoms. The minimum Gasteiger partial charge on any atom is -0.496 e. The first-order chi connectivity index (χ1) is 7.08. The molecule has 0 radical (unpaired) electrons. The van der Waals surface area contributed by atoms with E-state index in [0.717, 1.165) is 0 Å². The molecule has 3 N–H and O–H groups in total. The van der Waals surface area contributed by atoms with Gasteiger partial charge in [-0.1, -0.05) is 0 Å². The Morgan fingerprint density at radius 2 is 2.33 bits per heavy atom. The summed E-state index contributed by atoms with van der Waals surface area (Å²) in [6.07, 6.45) is -0.222. The number of carboxylic acids is 1. The van der Waals surface area contributed by atoms with E-state index in [1.54, 1.807) is 0 Å². The van der Waals surface area contributed by atoms with E-state index in [9.17, 15) is 4.79 Å². The van der Waals surface area contributed by atoms with Gasteiger partial charge in [-0.3, -0.25) is 4.79 Å². The van der Waals surface area contributed by atoms with Crippen LogP contribution in [0.15, 0.2) is 12.1 Å². The second kappa shape index (κ2) is 4.33. The van der Waals surface area contributed by atoms with Crippen molar-refractivity contribution in [3.8, 4) is 11.8 Å². The molecule has 0 aliphatic heterocycles. The van der Waals surface area contributed by atoms with Crippen molar-refractivity contribution in [2.75, 3.05) is 12.8 Å². The minimum atomic E-state index is -0.996. The van der Waals surface area contributed by atoms with Gasteiger partial charge in [-0.25, -0.2) is 0 Å². The zero-order valence-electron chi connectivity index (χ0n) is 8.15. The number of benzene rings is 1. The van der Waals surface area contributed by atoms with Crippen LogP contribution in [0.4, 0.5) is 5.69 Å². The molecule has 5 heteroatoms. The minimum absolute atomic E-state index is 0.222. The fourth-order valence-corrected chi connectivity index (χ4v) is 1.25. The van der Waals surface area contributed by atoms with Crippen molar-refractivity contribution in [3.63, 3.8) is 0 Å². The molecular formula is C10H10N2O3. The Morgan fingerprint density at radius 1 is 1.67 bits per heavy atom. The summed E-state index contributed by atoms with van der Waals surface area (Å²) in [5.74, 6) is -0.668. The highest BCUT2D eigenvalue weighted by molar-refractivity contribution is 5.75. The first kappa shape index (κ1) is 10.9. The Labute approximate surface area is 86.7 Å². The number of nitrogen functional groups attached to an aromatic ring is 1. The lowest BCUT2D eigenvalue weighted by molar-refractivity contribution is -0.136. The van der Waals surface area contributed by atoms with Gasteiger partial charge in [0.1, 0.15) is 5.75 Å². The van der Waals surface area contributed by atoms with E-state index in [1.165, 1.54) is 19.2 Å². The van der Waals surface area contributed by atoms with Crippen LogP contribution in [0.25, 0.3) is 0 Å². The number of aliphatic carboxylic acids is 1. The van der Waals surface area contributed by atoms with E-state index in [-0.39, 0.29) is 12.1 Å². The maximum absolute atomic E-state index is 10.6. The summed E-state index contributed by atoms with van der Waals surface area (Å²) in [4.78, 5) is 10.6. The van der Waals surface area contributed by atoms with Gasteiger partial charge >= 0.3 is 5.97 Å². The largest absolute Gasteiger partial charge is 0.496 e. The number of hydrogen-bond donors (Lipinski definition) is 2. The number of nitrogens with two attached hydrogens (primary N) is 1. The third-order valence-electron chi connectivity index (χ3n) is 1.92. The van der Waals surface area contributed by atoms with Crippen LogP contribution in [0.1, 0.15) is 11.1 Å². The second-order valence-corrected chi connectivity index (χ2v) is 2.93. The SMILES string of the molecule is COc1cc(C#N)cc(N)c1CC(=O)O. The molecule has 15 heavy (non-hydrogen) atoms. The summed E-state index contributed by atoms with van der Waals surface area (Å²) >= 11 is 0. The Balaban J connectivity index is 3.25. The van der Waals surface area contributed by atoms with Gasteiger partial charge in [0.25, 0.3) is 0 Å². The van der Waals surface area contributed by atoms with Gasteiger partial charge in [-0.2, -0.15) is 5.26 Å². The smallest absolute Gasteiger partial charge is 0.308 e. The predicted molar refractivity (Wildman–Crippen MR) is 53.5 cm³/mol. The molecule has 0 aliphatic carbocycles. The Morgan fingerprint density at radius 3 is 2.80 bits per heavy atom.